The predicted octanol–water partition coefficient (Wildman–Crippen LogP) is 2.82. The fraction of sp³-hybridized carbons (Fsp3) is 0.273. The molecule has 1 aromatic heterocycles. The van der Waals surface area contributed by atoms with E-state index in [1.54, 1.807) is 0 Å². The Morgan fingerprint density at radius 2 is 2.29 bits per heavy atom. The summed E-state index contributed by atoms with van der Waals surface area (Å²) in [7, 11) is 0. The van der Waals surface area contributed by atoms with Crippen LogP contribution in [-0.4, -0.2) is 11.0 Å². The summed E-state index contributed by atoms with van der Waals surface area (Å²) in [5.74, 6) is 0. The van der Waals surface area contributed by atoms with Gasteiger partial charge in [-0.15, -0.1) is 0 Å². The summed E-state index contributed by atoms with van der Waals surface area (Å²) in [4.78, 5) is 3.24. The highest BCUT2D eigenvalue weighted by molar-refractivity contribution is 9.10. The molecule has 0 aliphatic rings. The van der Waals surface area contributed by atoms with E-state index in [4.69, 9.17) is 5.73 Å². The summed E-state index contributed by atoms with van der Waals surface area (Å²) in [6.07, 6.45) is 2.96. The lowest BCUT2D eigenvalue weighted by Crippen LogP contribution is -2.17. The number of rotatable bonds is 2. The topological polar surface area (TPSA) is 41.8 Å². The first kappa shape index (κ1) is 9.74. The summed E-state index contributed by atoms with van der Waals surface area (Å²) in [5, 5.41) is 1.26. The van der Waals surface area contributed by atoms with Gasteiger partial charge in [0.2, 0.25) is 0 Å². The third kappa shape index (κ3) is 1.83. The Morgan fingerprint density at radius 3 is 3.00 bits per heavy atom. The van der Waals surface area contributed by atoms with Gasteiger partial charge in [0.05, 0.1) is 0 Å². The molecule has 0 aliphatic heterocycles. The molecule has 0 radical (unpaired) electrons. The first-order chi connectivity index (χ1) is 6.66. The maximum absolute atomic E-state index is 5.79. The van der Waals surface area contributed by atoms with Gasteiger partial charge in [0.1, 0.15) is 0 Å². The summed E-state index contributed by atoms with van der Waals surface area (Å²) in [5.41, 5.74) is 8.25. The predicted molar refractivity (Wildman–Crippen MR) is 63.4 cm³/mol. The Kier molecular flexibility index (Phi) is 2.61. The molecule has 2 rings (SSSR count). The fourth-order valence-corrected chi connectivity index (χ4v) is 2.03. The Balaban J connectivity index is 2.50. The van der Waals surface area contributed by atoms with Gasteiger partial charge in [-0.25, -0.2) is 0 Å². The number of aromatic amines is 1. The van der Waals surface area contributed by atoms with E-state index in [-0.39, 0.29) is 6.04 Å². The molecule has 2 nitrogen and oxygen atoms in total. The zero-order chi connectivity index (χ0) is 10.1. The van der Waals surface area contributed by atoms with Gasteiger partial charge in [0, 0.05) is 27.6 Å². The number of hydrogen-bond donors (Lipinski definition) is 2. The smallest absolute Gasteiger partial charge is 0.0457 e. The van der Waals surface area contributed by atoms with Gasteiger partial charge in [-0.3, -0.25) is 0 Å². The average Bonchev–Trinajstić information content (AvgIpc) is 2.47. The SMILES string of the molecule is C[C@@H](N)Cc1c[nH]c2ccc(Br)cc12. The molecule has 0 unspecified atom stereocenters. The van der Waals surface area contributed by atoms with Gasteiger partial charge < -0.3 is 10.7 Å². The zero-order valence-electron chi connectivity index (χ0n) is 8.05. The summed E-state index contributed by atoms with van der Waals surface area (Å²) < 4.78 is 1.11. The summed E-state index contributed by atoms with van der Waals surface area (Å²) in [6.45, 7) is 2.02. The second kappa shape index (κ2) is 3.75. The standard InChI is InChI=1S/C11H13BrN2/c1-7(13)4-8-6-14-11-3-2-9(12)5-10(8)11/h2-3,5-7,14H,4,13H2,1H3/t7-/m1/s1. The van der Waals surface area contributed by atoms with E-state index < -0.39 is 0 Å². The molecular weight excluding hydrogens is 240 g/mol. The van der Waals surface area contributed by atoms with Crippen LogP contribution in [0.3, 0.4) is 0 Å². The fourth-order valence-electron chi connectivity index (χ4n) is 1.67. The van der Waals surface area contributed by atoms with E-state index in [1.807, 2.05) is 19.2 Å². The molecule has 3 heteroatoms. The van der Waals surface area contributed by atoms with E-state index >= 15 is 0 Å². The lowest BCUT2D eigenvalue weighted by Gasteiger charge is -2.02. The van der Waals surface area contributed by atoms with Crippen molar-refractivity contribution in [1.29, 1.82) is 0 Å². The van der Waals surface area contributed by atoms with Gasteiger partial charge in [-0.2, -0.15) is 0 Å². The molecule has 1 heterocycles. The Morgan fingerprint density at radius 1 is 1.50 bits per heavy atom. The highest BCUT2D eigenvalue weighted by atomic mass is 79.9. The largest absolute Gasteiger partial charge is 0.361 e. The molecule has 0 fully saturated rings. The van der Waals surface area contributed by atoms with Crippen molar-refractivity contribution in [2.75, 3.05) is 0 Å². The number of halogens is 1. The molecule has 0 aliphatic carbocycles. The molecule has 3 N–H and O–H groups in total. The van der Waals surface area contributed by atoms with Crippen LogP contribution in [0.15, 0.2) is 28.9 Å². The maximum atomic E-state index is 5.79. The average molecular weight is 253 g/mol. The Bertz CT molecular complexity index is 445. The Hall–Kier alpha value is -0.800. The van der Waals surface area contributed by atoms with Crippen LogP contribution < -0.4 is 5.73 Å². The monoisotopic (exact) mass is 252 g/mol. The first-order valence-corrected chi connectivity index (χ1v) is 5.47. The van der Waals surface area contributed by atoms with Crippen LogP contribution in [0.1, 0.15) is 12.5 Å². The van der Waals surface area contributed by atoms with E-state index in [1.165, 1.54) is 16.5 Å². The second-order valence-electron chi connectivity index (χ2n) is 3.69. The quantitative estimate of drug-likeness (QED) is 0.849. The molecule has 0 spiro atoms. The highest BCUT2D eigenvalue weighted by Gasteiger charge is 2.05. The van der Waals surface area contributed by atoms with E-state index in [9.17, 15) is 0 Å². The van der Waals surface area contributed by atoms with Gasteiger partial charge in [0.25, 0.3) is 0 Å². The maximum Gasteiger partial charge on any atom is 0.0457 e. The molecule has 1 atom stereocenters. The Labute approximate surface area is 91.6 Å². The molecule has 14 heavy (non-hydrogen) atoms. The number of benzene rings is 1. The van der Waals surface area contributed by atoms with E-state index in [2.05, 4.69) is 33.0 Å². The number of H-pyrrole nitrogens is 1. The normalized spacial score (nSPS) is 13.4. The van der Waals surface area contributed by atoms with Gasteiger partial charge in [0.15, 0.2) is 0 Å². The van der Waals surface area contributed by atoms with Crippen LogP contribution in [0, 0.1) is 0 Å². The molecule has 1 aromatic carbocycles. The van der Waals surface area contributed by atoms with Crippen molar-refractivity contribution in [3.63, 3.8) is 0 Å². The first-order valence-electron chi connectivity index (χ1n) is 4.68. The van der Waals surface area contributed by atoms with Crippen LogP contribution in [0.2, 0.25) is 0 Å². The third-order valence-electron chi connectivity index (χ3n) is 2.27. The molecule has 0 saturated carbocycles. The van der Waals surface area contributed by atoms with Crippen LogP contribution in [0.5, 0.6) is 0 Å². The highest BCUT2D eigenvalue weighted by Crippen LogP contribution is 2.23. The number of aromatic nitrogens is 1. The van der Waals surface area contributed by atoms with Gasteiger partial charge in [-0.05, 0) is 37.1 Å². The number of fused-ring (bicyclic) bond motifs is 1. The summed E-state index contributed by atoms with van der Waals surface area (Å²) in [6, 6.07) is 6.44. The lowest BCUT2D eigenvalue weighted by atomic mass is 10.1. The minimum Gasteiger partial charge on any atom is -0.361 e. The van der Waals surface area contributed by atoms with Crippen LogP contribution in [0.25, 0.3) is 10.9 Å². The van der Waals surface area contributed by atoms with Crippen molar-refractivity contribution in [3.05, 3.63) is 34.4 Å². The van der Waals surface area contributed by atoms with Crippen molar-refractivity contribution in [2.24, 2.45) is 5.73 Å². The van der Waals surface area contributed by atoms with Gasteiger partial charge in [-0.1, -0.05) is 15.9 Å². The molecular formula is C11H13BrN2. The number of nitrogens with one attached hydrogen (secondary N) is 1. The summed E-state index contributed by atoms with van der Waals surface area (Å²) >= 11 is 3.47. The molecule has 74 valence electrons. The van der Waals surface area contributed by atoms with Crippen molar-refractivity contribution in [3.8, 4) is 0 Å². The van der Waals surface area contributed by atoms with Crippen molar-refractivity contribution >= 4 is 26.8 Å². The minimum absolute atomic E-state index is 0.202. The lowest BCUT2D eigenvalue weighted by molar-refractivity contribution is 0.741. The third-order valence-corrected chi connectivity index (χ3v) is 2.76. The van der Waals surface area contributed by atoms with Gasteiger partial charge >= 0.3 is 0 Å². The van der Waals surface area contributed by atoms with Crippen molar-refractivity contribution in [1.82, 2.24) is 4.98 Å². The number of nitrogens with two attached hydrogens (primary N) is 1. The molecule has 0 saturated heterocycles. The van der Waals surface area contributed by atoms with E-state index in [0.717, 1.165) is 10.9 Å². The number of hydrogen-bond acceptors (Lipinski definition) is 1. The van der Waals surface area contributed by atoms with Crippen molar-refractivity contribution < 1.29 is 0 Å². The molecule has 0 amide bonds. The van der Waals surface area contributed by atoms with Crippen LogP contribution >= 0.6 is 15.9 Å². The molecule has 2 aromatic rings. The zero-order valence-corrected chi connectivity index (χ0v) is 9.64. The van der Waals surface area contributed by atoms with Crippen molar-refractivity contribution in [2.45, 2.75) is 19.4 Å². The molecule has 0 bridgehead atoms. The minimum atomic E-state index is 0.202. The van der Waals surface area contributed by atoms with Crippen LogP contribution in [-0.2, 0) is 6.42 Å². The van der Waals surface area contributed by atoms with Crippen LogP contribution in [0.4, 0.5) is 0 Å². The second-order valence-corrected chi connectivity index (χ2v) is 4.60. The van der Waals surface area contributed by atoms with E-state index in [0.29, 0.717) is 0 Å².